The molecule has 120 valence electrons. The molecule has 1 unspecified atom stereocenters. The number of carbonyl (C=O) groups excluding carboxylic acids is 1. The summed E-state index contributed by atoms with van der Waals surface area (Å²) in [5, 5.41) is 10.1. The quantitative estimate of drug-likeness (QED) is 0.858. The summed E-state index contributed by atoms with van der Waals surface area (Å²) in [5.41, 5.74) is -3.30. The van der Waals surface area contributed by atoms with E-state index in [0.29, 0.717) is 12.3 Å². The fraction of sp³-hybridized carbons (Fsp3) is 0.667. The summed E-state index contributed by atoms with van der Waals surface area (Å²) in [6, 6.07) is 0. The molecule has 1 aromatic rings. The lowest BCUT2D eigenvalue weighted by Gasteiger charge is -2.30. The van der Waals surface area contributed by atoms with Crippen molar-refractivity contribution < 1.29 is 23.1 Å². The highest BCUT2D eigenvalue weighted by Gasteiger charge is 2.58. The fourth-order valence-electron chi connectivity index (χ4n) is 1.78. The molecular weight excluding hydrogens is 307 g/mol. The van der Waals surface area contributed by atoms with Gasteiger partial charge in [-0.2, -0.15) is 24.9 Å². The van der Waals surface area contributed by atoms with Crippen LogP contribution in [0.2, 0.25) is 0 Å². The number of hydrogen-bond acceptors (Lipinski definition) is 4. The van der Waals surface area contributed by atoms with E-state index >= 15 is 0 Å². The summed E-state index contributed by atoms with van der Waals surface area (Å²) in [6.45, 7) is 0.314. The first kappa shape index (κ1) is 17.8. The number of carbonyl (C=O) groups is 1. The molecule has 0 saturated carbocycles. The van der Waals surface area contributed by atoms with Gasteiger partial charge in [0.1, 0.15) is 0 Å². The number of imidazole rings is 1. The third kappa shape index (κ3) is 3.91. The maximum absolute atomic E-state index is 13.2. The molecule has 0 spiro atoms. The number of alkyl halides is 3. The van der Waals surface area contributed by atoms with Gasteiger partial charge in [-0.3, -0.25) is 4.79 Å². The summed E-state index contributed by atoms with van der Waals surface area (Å²) in [6.07, 6.45) is -1.82. The van der Waals surface area contributed by atoms with Gasteiger partial charge in [0.05, 0.1) is 6.42 Å². The minimum absolute atomic E-state index is 0.314. The van der Waals surface area contributed by atoms with Gasteiger partial charge in [-0.1, -0.05) is 0 Å². The minimum atomic E-state index is -5.00. The second-order valence-electron chi connectivity index (χ2n) is 4.70. The van der Waals surface area contributed by atoms with E-state index in [4.69, 9.17) is 0 Å². The zero-order valence-corrected chi connectivity index (χ0v) is 12.8. The largest absolute Gasteiger partial charge is 0.425 e. The third-order valence-electron chi connectivity index (χ3n) is 3.12. The molecule has 1 aromatic heterocycles. The molecule has 21 heavy (non-hydrogen) atoms. The number of rotatable bonds is 6. The van der Waals surface area contributed by atoms with Gasteiger partial charge in [0.25, 0.3) is 0 Å². The van der Waals surface area contributed by atoms with E-state index < -0.39 is 29.9 Å². The van der Waals surface area contributed by atoms with Crippen molar-refractivity contribution in [3.63, 3.8) is 0 Å². The van der Waals surface area contributed by atoms with Crippen LogP contribution < -0.4 is 0 Å². The van der Waals surface area contributed by atoms with Gasteiger partial charge in [0.2, 0.25) is 11.5 Å². The molecule has 1 N–H and O–H groups in total. The maximum atomic E-state index is 13.2. The molecule has 1 amide bonds. The van der Waals surface area contributed by atoms with E-state index in [1.54, 1.807) is 0 Å². The number of nitrogens with zero attached hydrogens (tertiary/aromatic N) is 3. The molecule has 1 rings (SSSR count). The van der Waals surface area contributed by atoms with Gasteiger partial charge in [-0.25, -0.2) is 4.98 Å². The molecule has 0 fully saturated rings. The van der Waals surface area contributed by atoms with Crippen LogP contribution >= 0.6 is 11.8 Å². The predicted octanol–water partition coefficient (Wildman–Crippen LogP) is 1.38. The third-order valence-corrected chi connectivity index (χ3v) is 3.71. The first-order valence-corrected chi connectivity index (χ1v) is 7.52. The van der Waals surface area contributed by atoms with E-state index in [1.165, 1.54) is 37.0 Å². The van der Waals surface area contributed by atoms with Crippen LogP contribution in [0.1, 0.15) is 12.2 Å². The molecule has 1 atom stereocenters. The highest BCUT2D eigenvalue weighted by molar-refractivity contribution is 7.98. The van der Waals surface area contributed by atoms with Crippen LogP contribution in [-0.4, -0.2) is 57.2 Å². The zero-order valence-electron chi connectivity index (χ0n) is 12.0. The van der Waals surface area contributed by atoms with Crippen molar-refractivity contribution in [1.82, 2.24) is 14.5 Å². The summed E-state index contributed by atoms with van der Waals surface area (Å²) >= 11 is 1.48. The van der Waals surface area contributed by atoms with Crippen LogP contribution in [0.5, 0.6) is 0 Å². The second-order valence-corrected chi connectivity index (χ2v) is 5.69. The molecule has 0 saturated heterocycles. The van der Waals surface area contributed by atoms with Gasteiger partial charge in [-0.15, -0.1) is 0 Å². The maximum Gasteiger partial charge on any atom is 0.425 e. The normalized spacial score (nSPS) is 14.8. The number of aryl methyl sites for hydroxylation is 1. The van der Waals surface area contributed by atoms with Crippen molar-refractivity contribution in [3.8, 4) is 0 Å². The lowest BCUT2D eigenvalue weighted by Crippen LogP contribution is -2.48. The Kier molecular flexibility index (Phi) is 5.68. The van der Waals surface area contributed by atoms with E-state index in [1.807, 2.05) is 6.26 Å². The minimum Gasteiger partial charge on any atom is -0.374 e. The highest BCUT2D eigenvalue weighted by Crippen LogP contribution is 2.41. The fourth-order valence-corrected chi connectivity index (χ4v) is 2.23. The van der Waals surface area contributed by atoms with Crippen LogP contribution in [0.15, 0.2) is 12.4 Å². The van der Waals surface area contributed by atoms with Crippen molar-refractivity contribution >= 4 is 17.7 Å². The number of aromatic nitrogens is 2. The Morgan fingerprint density at radius 1 is 1.52 bits per heavy atom. The van der Waals surface area contributed by atoms with Crippen LogP contribution in [-0.2, 0) is 17.4 Å². The summed E-state index contributed by atoms with van der Waals surface area (Å²) in [4.78, 5) is 16.7. The summed E-state index contributed by atoms with van der Waals surface area (Å²) < 4.78 is 40.8. The number of amides is 1. The van der Waals surface area contributed by atoms with Gasteiger partial charge in [0, 0.05) is 38.8 Å². The lowest BCUT2D eigenvalue weighted by atomic mass is 9.97. The number of hydrogen-bond donors (Lipinski definition) is 1. The second kappa shape index (κ2) is 6.69. The Hall–Kier alpha value is -1.22. The molecule has 5 nitrogen and oxygen atoms in total. The standard InChI is InChI=1S/C12H18F3N3O2S/c1-17(6-7-21-3)9(19)8-11(20,12(13,14)15)10-16-4-5-18(10)2/h4-5,20H,6-8H2,1-3H3. The van der Waals surface area contributed by atoms with E-state index in [2.05, 4.69) is 4.98 Å². The van der Waals surface area contributed by atoms with Gasteiger partial charge in [0.15, 0.2) is 5.82 Å². The monoisotopic (exact) mass is 325 g/mol. The van der Waals surface area contributed by atoms with Crippen LogP contribution in [0, 0.1) is 0 Å². The van der Waals surface area contributed by atoms with E-state index in [0.717, 1.165) is 10.8 Å². The first-order chi connectivity index (χ1) is 9.63. The Morgan fingerprint density at radius 2 is 2.14 bits per heavy atom. The van der Waals surface area contributed by atoms with E-state index in [-0.39, 0.29) is 0 Å². The van der Waals surface area contributed by atoms with Gasteiger partial charge in [-0.05, 0) is 6.26 Å². The smallest absolute Gasteiger partial charge is 0.374 e. The topological polar surface area (TPSA) is 58.4 Å². The number of halogens is 3. The molecular formula is C12H18F3N3O2S. The molecule has 0 aliphatic rings. The predicted molar refractivity (Wildman–Crippen MR) is 73.8 cm³/mol. The van der Waals surface area contributed by atoms with Crippen LogP contribution in [0.4, 0.5) is 13.2 Å². The SMILES string of the molecule is CSCCN(C)C(=O)CC(O)(c1nccn1C)C(F)(F)F. The molecule has 1 heterocycles. The Bertz CT molecular complexity index is 492. The van der Waals surface area contributed by atoms with E-state index in [9.17, 15) is 23.1 Å². The Balaban J connectivity index is 3.01. The molecule has 0 aliphatic heterocycles. The summed E-state index contributed by atoms with van der Waals surface area (Å²) in [5.74, 6) is -0.775. The molecule has 0 aliphatic carbocycles. The highest BCUT2D eigenvalue weighted by atomic mass is 32.2. The van der Waals surface area contributed by atoms with Crippen molar-refractivity contribution in [1.29, 1.82) is 0 Å². The molecule has 9 heteroatoms. The average Bonchev–Trinajstić information content (AvgIpc) is 2.81. The number of aliphatic hydroxyl groups is 1. The Labute approximate surface area is 125 Å². The van der Waals surface area contributed by atoms with Crippen molar-refractivity contribution in [2.75, 3.05) is 25.6 Å². The van der Waals surface area contributed by atoms with Crippen molar-refractivity contribution in [2.24, 2.45) is 7.05 Å². The van der Waals surface area contributed by atoms with Gasteiger partial charge < -0.3 is 14.6 Å². The summed E-state index contributed by atoms with van der Waals surface area (Å²) in [7, 11) is 2.74. The van der Waals surface area contributed by atoms with Gasteiger partial charge >= 0.3 is 6.18 Å². The molecule has 0 bridgehead atoms. The lowest BCUT2D eigenvalue weighted by molar-refractivity contribution is -0.271. The van der Waals surface area contributed by atoms with Crippen molar-refractivity contribution in [2.45, 2.75) is 18.2 Å². The average molecular weight is 325 g/mol. The van der Waals surface area contributed by atoms with Crippen LogP contribution in [0.3, 0.4) is 0 Å². The molecule has 0 radical (unpaired) electrons. The molecule has 0 aromatic carbocycles. The Morgan fingerprint density at radius 3 is 2.57 bits per heavy atom. The first-order valence-electron chi connectivity index (χ1n) is 6.13. The van der Waals surface area contributed by atoms with Crippen molar-refractivity contribution in [3.05, 3.63) is 18.2 Å². The number of thioether (sulfide) groups is 1. The van der Waals surface area contributed by atoms with Crippen LogP contribution in [0.25, 0.3) is 0 Å². The zero-order chi connectivity index (χ0) is 16.3.